The van der Waals surface area contributed by atoms with E-state index in [1.807, 2.05) is 6.92 Å². The number of hydrogen-bond acceptors (Lipinski definition) is 4. The van der Waals surface area contributed by atoms with Crippen LogP contribution in [0.1, 0.15) is 26.2 Å². The number of unbranched alkanes of at least 4 members (excludes halogenated alkanes) is 1. The summed E-state index contributed by atoms with van der Waals surface area (Å²) in [7, 11) is 1.27. The van der Waals surface area contributed by atoms with E-state index < -0.39 is 30.4 Å². The van der Waals surface area contributed by atoms with Crippen molar-refractivity contribution in [2.45, 2.75) is 38.9 Å². The predicted octanol–water partition coefficient (Wildman–Crippen LogP) is 1.29. The van der Waals surface area contributed by atoms with Crippen molar-refractivity contribution >= 4 is 11.5 Å². The molecule has 0 aliphatic rings. The molecule has 6 nitrogen and oxygen atoms in total. The van der Waals surface area contributed by atoms with E-state index in [4.69, 9.17) is 5.73 Å². The Hall–Kier alpha value is -1.93. The quantitative estimate of drug-likeness (QED) is 0.830. The van der Waals surface area contributed by atoms with Crippen molar-refractivity contribution in [2.24, 2.45) is 7.05 Å². The SMILES string of the molecule is CCCCn1c(N)c(NCCC(F)(F)F)c(=O)n(C)c1=O. The Morgan fingerprint density at radius 1 is 1.29 bits per heavy atom. The van der Waals surface area contributed by atoms with Gasteiger partial charge in [0.1, 0.15) is 11.5 Å². The van der Waals surface area contributed by atoms with Crippen LogP contribution in [0.3, 0.4) is 0 Å². The van der Waals surface area contributed by atoms with Gasteiger partial charge in [0.05, 0.1) is 6.42 Å². The molecule has 0 radical (unpaired) electrons. The first-order chi connectivity index (χ1) is 9.69. The number of aromatic nitrogens is 2. The van der Waals surface area contributed by atoms with Crippen molar-refractivity contribution in [1.29, 1.82) is 0 Å². The van der Waals surface area contributed by atoms with Crippen molar-refractivity contribution in [3.05, 3.63) is 20.8 Å². The molecule has 1 heterocycles. The number of nitrogens with one attached hydrogen (secondary N) is 1. The lowest BCUT2D eigenvalue weighted by Gasteiger charge is -2.16. The van der Waals surface area contributed by atoms with Gasteiger partial charge in [0.2, 0.25) is 0 Å². The van der Waals surface area contributed by atoms with Crippen molar-refractivity contribution in [2.75, 3.05) is 17.6 Å². The first kappa shape index (κ1) is 17.1. The van der Waals surface area contributed by atoms with Gasteiger partial charge in [-0.15, -0.1) is 0 Å². The molecule has 1 aromatic rings. The first-order valence-corrected chi connectivity index (χ1v) is 6.59. The third kappa shape index (κ3) is 4.27. The Morgan fingerprint density at radius 3 is 2.43 bits per heavy atom. The highest BCUT2D eigenvalue weighted by Gasteiger charge is 2.26. The molecular weight excluding hydrogens is 289 g/mol. The third-order valence-electron chi connectivity index (χ3n) is 3.03. The van der Waals surface area contributed by atoms with Crippen molar-refractivity contribution in [3.8, 4) is 0 Å². The molecule has 120 valence electrons. The van der Waals surface area contributed by atoms with E-state index in [9.17, 15) is 22.8 Å². The van der Waals surface area contributed by atoms with Gasteiger partial charge in [-0.05, 0) is 6.42 Å². The zero-order valence-electron chi connectivity index (χ0n) is 12.0. The van der Waals surface area contributed by atoms with E-state index in [1.165, 1.54) is 11.6 Å². The second kappa shape index (κ2) is 6.68. The third-order valence-corrected chi connectivity index (χ3v) is 3.03. The number of anilines is 2. The number of nitrogen functional groups attached to an aromatic ring is 1. The molecule has 0 aliphatic heterocycles. The summed E-state index contributed by atoms with van der Waals surface area (Å²) in [6.07, 6.45) is -3.94. The molecule has 0 aliphatic carbocycles. The summed E-state index contributed by atoms with van der Waals surface area (Å²) in [5.74, 6) is -0.126. The highest BCUT2D eigenvalue weighted by atomic mass is 19.4. The van der Waals surface area contributed by atoms with Crippen LogP contribution in [0.25, 0.3) is 0 Å². The van der Waals surface area contributed by atoms with Crippen LogP contribution in [-0.4, -0.2) is 21.9 Å². The zero-order valence-corrected chi connectivity index (χ0v) is 12.0. The topological polar surface area (TPSA) is 82.0 Å². The van der Waals surface area contributed by atoms with Gasteiger partial charge in [0, 0.05) is 20.1 Å². The lowest BCUT2D eigenvalue weighted by Crippen LogP contribution is -2.41. The van der Waals surface area contributed by atoms with E-state index >= 15 is 0 Å². The lowest BCUT2D eigenvalue weighted by molar-refractivity contribution is -0.131. The Bertz CT molecular complexity index is 604. The van der Waals surface area contributed by atoms with Crippen LogP contribution in [0.4, 0.5) is 24.7 Å². The monoisotopic (exact) mass is 308 g/mol. The van der Waals surface area contributed by atoms with Gasteiger partial charge in [-0.25, -0.2) is 4.79 Å². The first-order valence-electron chi connectivity index (χ1n) is 6.59. The molecule has 1 rings (SSSR count). The van der Waals surface area contributed by atoms with Crippen molar-refractivity contribution in [1.82, 2.24) is 9.13 Å². The molecule has 9 heteroatoms. The van der Waals surface area contributed by atoms with E-state index in [-0.39, 0.29) is 11.5 Å². The van der Waals surface area contributed by atoms with Crippen LogP contribution in [0.15, 0.2) is 9.59 Å². The van der Waals surface area contributed by atoms with Gasteiger partial charge >= 0.3 is 11.9 Å². The second-order valence-electron chi connectivity index (χ2n) is 4.70. The summed E-state index contributed by atoms with van der Waals surface area (Å²) in [6, 6.07) is 0. The molecule has 0 spiro atoms. The molecule has 21 heavy (non-hydrogen) atoms. The van der Waals surface area contributed by atoms with Crippen LogP contribution in [0.2, 0.25) is 0 Å². The molecule has 3 N–H and O–H groups in total. The van der Waals surface area contributed by atoms with E-state index in [0.29, 0.717) is 13.0 Å². The summed E-state index contributed by atoms with van der Waals surface area (Å²) in [4.78, 5) is 23.9. The van der Waals surface area contributed by atoms with Crippen LogP contribution in [0, 0.1) is 0 Å². The van der Waals surface area contributed by atoms with Crippen molar-refractivity contribution < 1.29 is 13.2 Å². The smallest absolute Gasteiger partial charge is 0.383 e. The molecule has 0 unspecified atom stereocenters. The van der Waals surface area contributed by atoms with Crippen LogP contribution in [0.5, 0.6) is 0 Å². The average Bonchev–Trinajstić information content (AvgIpc) is 2.39. The minimum Gasteiger partial charge on any atom is -0.383 e. The number of halogens is 3. The molecular formula is C12H19F3N4O2. The van der Waals surface area contributed by atoms with Gasteiger partial charge in [0.25, 0.3) is 5.56 Å². The molecule has 0 saturated carbocycles. The van der Waals surface area contributed by atoms with E-state index in [2.05, 4.69) is 5.32 Å². The molecule has 0 aromatic carbocycles. The molecule has 0 saturated heterocycles. The van der Waals surface area contributed by atoms with E-state index in [0.717, 1.165) is 11.0 Å². The molecule has 0 fully saturated rings. The normalized spacial score (nSPS) is 11.7. The molecule has 0 bridgehead atoms. The van der Waals surface area contributed by atoms with Gasteiger partial charge in [-0.1, -0.05) is 13.3 Å². The van der Waals surface area contributed by atoms with E-state index in [1.54, 1.807) is 0 Å². The van der Waals surface area contributed by atoms with Gasteiger partial charge < -0.3 is 11.1 Å². The lowest BCUT2D eigenvalue weighted by atomic mass is 10.3. The van der Waals surface area contributed by atoms with Crippen LogP contribution >= 0.6 is 0 Å². The molecule has 0 amide bonds. The fourth-order valence-electron chi connectivity index (χ4n) is 1.81. The summed E-state index contributed by atoms with van der Waals surface area (Å²) < 4.78 is 38.4. The maximum Gasteiger partial charge on any atom is 0.390 e. The predicted molar refractivity (Wildman–Crippen MR) is 74.4 cm³/mol. The number of hydrogen-bond donors (Lipinski definition) is 2. The summed E-state index contributed by atoms with van der Waals surface area (Å²) in [5.41, 5.74) is 4.28. The number of nitrogens with two attached hydrogens (primary N) is 1. The Balaban J connectivity index is 3.11. The second-order valence-corrected chi connectivity index (χ2v) is 4.70. The zero-order chi connectivity index (χ0) is 16.2. The average molecular weight is 308 g/mol. The number of alkyl halides is 3. The van der Waals surface area contributed by atoms with Crippen LogP contribution < -0.4 is 22.3 Å². The summed E-state index contributed by atoms with van der Waals surface area (Å²) in [5, 5.41) is 2.38. The standard InChI is InChI=1S/C12H19F3N4O2/c1-3-4-7-19-9(16)8(10(20)18(2)11(19)21)17-6-5-12(13,14)15/h17H,3-7,16H2,1-2H3. The largest absolute Gasteiger partial charge is 0.390 e. The van der Waals surface area contributed by atoms with Gasteiger partial charge in [-0.2, -0.15) is 13.2 Å². The van der Waals surface area contributed by atoms with Crippen molar-refractivity contribution in [3.63, 3.8) is 0 Å². The Morgan fingerprint density at radius 2 is 1.90 bits per heavy atom. The minimum absolute atomic E-state index is 0.126. The fraction of sp³-hybridized carbons (Fsp3) is 0.667. The maximum atomic E-state index is 12.1. The molecule has 1 aromatic heterocycles. The summed E-state index contributed by atoms with van der Waals surface area (Å²) >= 11 is 0. The van der Waals surface area contributed by atoms with Crippen LogP contribution in [-0.2, 0) is 13.6 Å². The highest BCUT2D eigenvalue weighted by molar-refractivity contribution is 5.60. The number of nitrogens with zero attached hydrogens (tertiary/aromatic N) is 2. The summed E-state index contributed by atoms with van der Waals surface area (Å²) in [6.45, 7) is 1.75. The van der Waals surface area contributed by atoms with Gasteiger partial charge in [-0.3, -0.25) is 13.9 Å². The van der Waals surface area contributed by atoms with Gasteiger partial charge in [0.15, 0.2) is 0 Å². The fourth-order valence-corrected chi connectivity index (χ4v) is 1.81. The maximum absolute atomic E-state index is 12.1. The Labute approximate surface area is 119 Å². The number of rotatable bonds is 6. The molecule has 0 atom stereocenters. The Kier molecular flexibility index (Phi) is 5.45. The minimum atomic E-state index is -4.33. The highest BCUT2D eigenvalue weighted by Crippen LogP contribution is 2.20.